The quantitative estimate of drug-likeness (QED) is 0.560. The Bertz CT molecular complexity index is 970. The first-order valence-corrected chi connectivity index (χ1v) is 11.2. The van der Waals surface area contributed by atoms with Crippen LogP contribution >= 0.6 is 22.9 Å². The number of anilines is 1. The molecular weight excluding hydrogens is 420 g/mol. The van der Waals surface area contributed by atoms with Crippen LogP contribution in [-0.2, 0) is 4.79 Å². The van der Waals surface area contributed by atoms with Crippen LogP contribution in [0.15, 0.2) is 47.2 Å². The second-order valence-electron chi connectivity index (χ2n) is 7.31. The highest BCUT2D eigenvalue weighted by Crippen LogP contribution is 2.33. The number of aromatic nitrogens is 2. The van der Waals surface area contributed by atoms with Crippen molar-refractivity contribution in [3.8, 4) is 5.75 Å². The van der Waals surface area contributed by atoms with E-state index in [1.807, 2.05) is 38.3 Å². The molecule has 0 saturated carbocycles. The van der Waals surface area contributed by atoms with Crippen molar-refractivity contribution in [2.24, 2.45) is 0 Å². The molecule has 2 aromatic heterocycles. The number of hydrogen-bond acceptors (Lipinski definition) is 7. The summed E-state index contributed by atoms with van der Waals surface area (Å²) in [5, 5.41) is 10.5. The van der Waals surface area contributed by atoms with E-state index in [1.54, 1.807) is 36.8 Å². The van der Waals surface area contributed by atoms with E-state index in [0.717, 1.165) is 22.8 Å². The number of methoxy groups -OCH3 is 1. The third-order valence-electron chi connectivity index (χ3n) is 4.81. The van der Waals surface area contributed by atoms with Crippen molar-refractivity contribution >= 4 is 40.4 Å². The minimum atomic E-state index is -0.849. The lowest BCUT2D eigenvalue weighted by Gasteiger charge is -2.33. The third-order valence-corrected chi connectivity index (χ3v) is 6.24. The average Bonchev–Trinajstić information content (AvgIpc) is 3.45. The predicted molar refractivity (Wildman–Crippen MR) is 119 cm³/mol. The number of carbonyl (C=O) groups is 2. The summed E-state index contributed by atoms with van der Waals surface area (Å²) in [7, 11) is 1.58. The van der Waals surface area contributed by atoms with E-state index >= 15 is 0 Å². The average molecular weight is 445 g/mol. The molecule has 0 spiro atoms. The number of nitrogens with one attached hydrogen (secondary N) is 1. The standard InChI is InChI=1S/C21H24N4O3S2/c1-5-21(2,3)22-19(26)18(17-7-6-12-29-17)25(20(27)16-13-30-24-23-16)14-8-10-15(28-4)11-9-14/h6-13,18H,5H2,1-4H3,(H,22,26)/t18-/m0/s1. The summed E-state index contributed by atoms with van der Waals surface area (Å²) in [6.07, 6.45) is 0.752. The molecule has 3 rings (SSSR count). The van der Waals surface area contributed by atoms with Gasteiger partial charge in [0.25, 0.3) is 5.91 Å². The second kappa shape index (κ2) is 9.36. The Balaban J connectivity index is 2.10. The van der Waals surface area contributed by atoms with Crippen molar-refractivity contribution in [3.05, 3.63) is 57.7 Å². The molecular formula is C21H24N4O3S2. The van der Waals surface area contributed by atoms with Crippen LogP contribution in [-0.4, -0.2) is 34.1 Å². The molecule has 0 aliphatic carbocycles. The molecule has 0 bridgehead atoms. The number of benzene rings is 1. The smallest absolute Gasteiger partial charge is 0.280 e. The molecule has 0 fully saturated rings. The van der Waals surface area contributed by atoms with E-state index < -0.39 is 17.5 Å². The zero-order chi connectivity index (χ0) is 21.7. The maximum atomic E-state index is 13.5. The van der Waals surface area contributed by atoms with Crippen molar-refractivity contribution in [1.82, 2.24) is 14.9 Å². The Morgan fingerprint density at radius 3 is 2.50 bits per heavy atom. The van der Waals surface area contributed by atoms with Gasteiger partial charge in [-0.15, -0.1) is 16.4 Å². The molecule has 1 atom stereocenters. The number of ether oxygens (including phenoxy) is 1. The normalized spacial score (nSPS) is 12.3. The molecule has 0 saturated heterocycles. The van der Waals surface area contributed by atoms with E-state index in [0.29, 0.717) is 11.4 Å². The molecule has 0 radical (unpaired) electrons. The molecule has 1 aromatic carbocycles. The van der Waals surface area contributed by atoms with Gasteiger partial charge >= 0.3 is 0 Å². The summed E-state index contributed by atoms with van der Waals surface area (Å²) in [4.78, 5) is 29.2. The minimum absolute atomic E-state index is 0.194. The fourth-order valence-electron chi connectivity index (χ4n) is 2.82. The monoisotopic (exact) mass is 444 g/mol. The molecule has 9 heteroatoms. The molecule has 0 aliphatic heterocycles. The minimum Gasteiger partial charge on any atom is -0.497 e. The summed E-state index contributed by atoms with van der Waals surface area (Å²) >= 11 is 2.52. The van der Waals surface area contributed by atoms with Gasteiger partial charge in [0.15, 0.2) is 11.7 Å². The van der Waals surface area contributed by atoms with E-state index in [-0.39, 0.29) is 11.6 Å². The first-order chi connectivity index (χ1) is 14.4. The number of carbonyl (C=O) groups excluding carboxylic acids is 2. The third kappa shape index (κ3) is 4.85. The van der Waals surface area contributed by atoms with Gasteiger partial charge in [-0.2, -0.15) is 0 Å². The van der Waals surface area contributed by atoms with Crippen LogP contribution in [0, 0.1) is 0 Å². The summed E-state index contributed by atoms with van der Waals surface area (Å²) in [5.74, 6) is 0.0131. The molecule has 1 N–H and O–H groups in total. The molecule has 0 unspecified atom stereocenters. The summed E-state index contributed by atoms with van der Waals surface area (Å²) in [6.45, 7) is 5.92. The maximum absolute atomic E-state index is 13.5. The predicted octanol–water partition coefficient (Wildman–Crippen LogP) is 4.30. The summed E-state index contributed by atoms with van der Waals surface area (Å²) < 4.78 is 9.05. The fraction of sp³-hybridized carbons (Fsp3) is 0.333. The second-order valence-corrected chi connectivity index (χ2v) is 8.90. The van der Waals surface area contributed by atoms with E-state index in [2.05, 4.69) is 14.9 Å². The Morgan fingerprint density at radius 2 is 1.97 bits per heavy atom. The Morgan fingerprint density at radius 1 is 1.23 bits per heavy atom. The highest BCUT2D eigenvalue weighted by molar-refractivity contribution is 7.10. The zero-order valence-electron chi connectivity index (χ0n) is 17.3. The summed E-state index contributed by atoms with van der Waals surface area (Å²) in [6, 6.07) is 9.91. The SMILES string of the molecule is CCC(C)(C)NC(=O)[C@H](c1cccs1)N(C(=O)c1csnn1)c1ccc(OC)cc1. The van der Waals surface area contributed by atoms with Crippen LogP contribution in [0.4, 0.5) is 5.69 Å². The van der Waals surface area contributed by atoms with Crippen LogP contribution in [0.3, 0.4) is 0 Å². The van der Waals surface area contributed by atoms with Gasteiger partial charge in [0.05, 0.1) is 7.11 Å². The van der Waals surface area contributed by atoms with Crippen LogP contribution in [0.25, 0.3) is 0 Å². The van der Waals surface area contributed by atoms with E-state index in [4.69, 9.17) is 4.74 Å². The van der Waals surface area contributed by atoms with Crippen LogP contribution in [0.2, 0.25) is 0 Å². The lowest BCUT2D eigenvalue weighted by atomic mass is 10.0. The number of thiophene rings is 1. The summed E-state index contributed by atoms with van der Waals surface area (Å²) in [5.41, 5.74) is 0.347. The fourth-order valence-corrected chi connectivity index (χ4v) is 4.06. The number of hydrogen-bond donors (Lipinski definition) is 1. The highest BCUT2D eigenvalue weighted by atomic mass is 32.1. The van der Waals surface area contributed by atoms with Gasteiger partial charge < -0.3 is 10.1 Å². The number of nitrogens with zero attached hydrogens (tertiary/aromatic N) is 3. The van der Waals surface area contributed by atoms with Crippen molar-refractivity contribution in [2.75, 3.05) is 12.0 Å². The molecule has 2 amide bonds. The van der Waals surface area contributed by atoms with Crippen LogP contribution < -0.4 is 15.0 Å². The molecule has 7 nitrogen and oxygen atoms in total. The van der Waals surface area contributed by atoms with Gasteiger partial charge in [0.2, 0.25) is 5.91 Å². The Labute approximate surface area is 183 Å². The van der Waals surface area contributed by atoms with E-state index in [9.17, 15) is 9.59 Å². The van der Waals surface area contributed by atoms with Gasteiger partial charge in [-0.05, 0) is 67.5 Å². The highest BCUT2D eigenvalue weighted by Gasteiger charge is 2.36. The largest absolute Gasteiger partial charge is 0.497 e. The Kier molecular flexibility index (Phi) is 6.84. The maximum Gasteiger partial charge on any atom is 0.280 e. The van der Waals surface area contributed by atoms with E-state index in [1.165, 1.54) is 16.2 Å². The molecule has 30 heavy (non-hydrogen) atoms. The topological polar surface area (TPSA) is 84.4 Å². The number of rotatable bonds is 8. The van der Waals surface area contributed by atoms with Crippen molar-refractivity contribution in [1.29, 1.82) is 0 Å². The first-order valence-electron chi connectivity index (χ1n) is 9.46. The number of amides is 2. The Hall–Kier alpha value is -2.78. The van der Waals surface area contributed by atoms with Gasteiger partial charge in [0.1, 0.15) is 5.75 Å². The molecule has 3 aromatic rings. The zero-order valence-corrected chi connectivity index (χ0v) is 18.9. The first kappa shape index (κ1) is 21.9. The van der Waals surface area contributed by atoms with Gasteiger partial charge in [-0.3, -0.25) is 14.5 Å². The van der Waals surface area contributed by atoms with Crippen molar-refractivity contribution in [2.45, 2.75) is 38.8 Å². The molecule has 2 heterocycles. The van der Waals surface area contributed by atoms with Gasteiger partial charge in [0, 0.05) is 21.5 Å². The molecule has 158 valence electrons. The van der Waals surface area contributed by atoms with Crippen molar-refractivity contribution < 1.29 is 14.3 Å². The lowest BCUT2D eigenvalue weighted by molar-refractivity contribution is -0.124. The lowest BCUT2D eigenvalue weighted by Crippen LogP contribution is -2.50. The van der Waals surface area contributed by atoms with Crippen LogP contribution in [0.1, 0.15) is 48.6 Å². The molecule has 0 aliphatic rings. The van der Waals surface area contributed by atoms with Gasteiger partial charge in [-0.25, -0.2) is 0 Å². The van der Waals surface area contributed by atoms with Gasteiger partial charge in [-0.1, -0.05) is 17.5 Å². The van der Waals surface area contributed by atoms with Crippen LogP contribution in [0.5, 0.6) is 5.75 Å². The van der Waals surface area contributed by atoms with Crippen molar-refractivity contribution in [3.63, 3.8) is 0 Å².